The van der Waals surface area contributed by atoms with Gasteiger partial charge < -0.3 is 0 Å². The van der Waals surface area contributed by atoms with E-state index in [1.54, 1.807) is 0 Å². The Bertz CT molecular complexity index is 811. The maximum Gasteiger partial charge on any atom is 0.312 e. The lowest BCUT2D eigenvalue weighted by Crippen LogP contribution is -2.15. The summed E-state index contributed by atoms with van der Waals surface area (Å²) in [6.07, 6.45) is 0. The second-order valence-corrected chi connectivity index (χ2v) is 6.33. The van der Waals surface area contributed by atoms with Crippen LogP contribution in [0.2, 0.25) is 10.2 Å². The molecule has 0 aliphatic rings. The average molecular weight is 348 g/mol. The van der Waals surface area contributed by atoms with Gasteiger partial charge in [-0.25, -0.2) is 13.4 Å². The molecule has 1 heterocycles. The molecule has 0 aliphatic carbocycles. The molecule has 1 aromatic heterocycles. The van der Waals surface area contributed by atoms with Crippen molar-refractivity contribution in [2.24, 2.45) is 0 Å². The topological polar surface area (TPSA) is 102 Å². The monoisotopic (exact) mass is 347 g/mol. The minimum absolute atomic E-state index is 0.0793. The molecule has 0 atom stereocenters. The summed E-state index contributed by atoms with van der Waals surface area (Å²) < 4.78 is 26.4. The largest absolute Gasteiger partial charge is 0.312 e. The molecule has 110 valence electrons. The molecular weight excluding hydrogens is 341 g/mol. The number of hydrogen-bond acceptors (Lipinski definition) is 5. The summed E-state index contributed by atoms with van der Waals surface area (Å²) in [5, 5.41) is 11.0. The first-order chi connectivity index (χ1) is 9.79. The van der Waals surface area contributed by atoms with E-state index in [0.717, 1.165) is 6.07 Å². The molecule has 2 rings (SSSR count). The number of rotatable bonds is 4. The van der Waals surface area contributed by atoms with Gasteiger partial charge in [0, 0.05) is 11.1 Å². The van der Waals surface area contributed by atoms with Gasteiger partial charge in [0.25, 0.3) is 10.0 Å². The standard InChI is InChI=1S/C11H7Cl2N3O4S/c12-7-2-1-3-8(6-7)21(19,20)15-11-9(16(17)18)4-5-10(13)14-11/h1-6H,(H,14,15). The van der Waals surface area contributed by atoms with Crippen LogP contribution in [0.25, 0.3) is 0 Å². The highest BCUT2D eigenvalue weighted by Gasteiger charge is 2.22. The summed E-state index contributed by atoms with van der Waals surface area (Å²) in [4.78, 5) is 13.6. The van der Waals surface area contributed by atoms with Crippen LogP contribution < -0.4 is 4.72 Å². The first-order valence-electron chi connectivity index (χ1n) is 5.39. The van der Waals surface area contributed by atoms with Crippen LogP contribution >= 0.6 is 23.2 Å². The fraction of sp³-hybridized carbons (Fsp3) is 0. The summed E-state index contributed by atoms with van der Waals surface area (Å²) in [5.74, 6) is -0.465. The van der Waals surface area contributed by atoms with Gasteiger partial charge in [-0.2, -0.15) is 0 Å². The van der Waals surface area contributed by atoms with Crippen LogP contribution in [0.4, 0.5) is 11.5 Å². The number of nitrogens with one attached hydrogen (secondary N) is 1. The predicted molar refractivity (Wildman–Crippen MR) is 78.2 cm³/mol. The summed E-state index contributed by atoms with van der Waals surface area (Å²) >= 11 is 11.4. The second-order valence-electron chi connectivity index (χ2n) is 3.82. The Balaban J connectivity index is 2.46. The van der Waals surface area contributed by atoms with Gasteiger partial charge in [0.1, 0.15) is 5.15 Å². The molecule has 0 aliphatic heterocycles. The number of benzene rings is 1. The smallest absolute Gasteiger partial charge is 0.258 e. The van der Waals surface area contributed by atoms with Gasteiger partial charge in [0.2, 0.25) is 5.82 Å². The highest BCUT2D eigenvalue weighted by atomic mass is 35.5. The quantitative estimate of drug-likeness (QED) is 0.520. The lowest BCUT2D eigenvalue weighted by Gasteiger charge is -2.08. The minimum Gasteiger partial charge on any atom is -0.258 e. The predicted octanol–water partition coefficient (Wildman–Crippen LogP) is 3.10. The molecule has 10 heteroatoms. The highest BCUT2D eigenvalue weighted by Crippen LogP contribution is 2.27. The molecular formula is C11H7Cl2N3O4S. The maximum absolute atomic E-state index is 12.2. The van der Waals surface area contributed by atoms with E-state index < -0.39 is 26.5 Å². The fourth-order valence-electron chi connectivity index (χ4n) is 1.47. The number of nitrogens with zero attached hydrogens (tertiary/aromatic N) is 2. The molecule has 0 radical (unpaired) electrons. The van der Waals surface area contributed by atoms with E-state index in [-0.39, 0.29) is 15.1 Å². The Hall–Kier alpha value is -1.90. The second kappa shape index (κ2) is 5.84. The van der Waals surface area contributed by atoms with E-state index in [2.05, 4.69) is 4.98 Å². The molecule has 0 bridgehead atoms. The van der Waals surface area contributed by atoms with Crippen LogP contribution in [-0.2, 0) is 10.0 Å². The van der Waals surface area contributed by atoms with E-state index in [4.69, 9.17) is 23.2 Å². The van der Waals surface area contributed by atoms with Crippen molar-refractivity contribution in [2.75, 3.05) is 4.72 Å². The van der Waals surface area contributed by atoms with Crippen molar-refractivity contribution in [1.82, 2.24) is 4.98 Å². The van der Waals surface area contributed by atoms with Crippen LogP contribution in [0.15, 0.2) is 41.3 Å². The van der Waals surface area contributed by atoms with Gasteiger partial charge in [-0.15, -0.1) is 0 Å². The Morgan fingerprint density at radius 3 is 2.52 bits per heavy atom. The number of pyridine rings is 1. The molecule has 1 N–H and O–H groups in total. The Morgan fingerprint density at radius 2 is 1.90 bits per heavy atom. The molecule has 0 unspecified atom stereocenters. The zero-order valence-corrected chi connectivity index (χ0v) is 12.5. The average Bonchev–Trinajstić information content (AvgIpc) is 2.38. The van der Waals surface area contributed by atoms with Crippen LogP contribution in [0.5, 0.6) is 0 Å². The number of nitro groups is 1. The third-order valence-electron chi connectivity index (χ3n) is 2.37. The van der Waals surface area contributed by atoms with E-state index in [9.17, 15) is 18.5 Å². The van der Waals surface area contributed by atoms with Crippen LogP contribution in [0.3, 0.4) is 0 Å². The minimum atomic E-state index is -4.07. The van der Waals surface area contributed by atoms with Crippen molar-refractivity contribution >= 4 is 44.7 Å². The van der Waals surface area contributed by atoms with Gasteiger partial charge in [-0.1, -0.05) is 29.3 Å². The highest BCUT2D eigenvalue weighted by molar-refractivity contribution is 7.92. The normalized spacial score (nSPS) is 11.1. The SMILES string of the molecule is O=[N+]([O-])c1ccc(Cl)nc1NS(=O)(=O)c1cccc(Cl)c1. The maximum atomic E-state index is 12.2. The van der Waals surface area contributed by atoms with Crippen molar-refractivity contribution in [3.63, 3.8) is 0 Å². The van der Waals surface area contributed by atoms with Gasteiger partial charge in [0.15, 0.2) is 0 Å². The lowest BCUT2D eigenvalue weighted by molar-refractivity contribution is -0.384. The number of sulfonamides is 1. The zero-order valence-electron chi connectivity index (χ0n) is 10.2. The van der Waals surface area contributed by atoms with E-state index >= 15 is 0 Å². The molecule has 2 aromatic rings. The molecule has 0 spiro atoms. The molecule has 0 fully saturated rings. The summed E-state index contributed by atoms with van der Waals surface area (Å²) in [7, 11) is -4.07. The van der Waals surface area contributed by atoms with Gasteiger partial charge >= 0.3 is 5.69 Å². The Morgan fingerprint density at radius 1 is 1.19 bits per heavy atom. The molecule has 0 saturated carbocycles. The van der Waals surface area contributed by atoms with E-state index in [1.165, 1.54) is 30.3 Å². The molecule has 0 amide bonds. The van der Waals surface area contributed by atoms with E-state index in [0.29, 0.717) is 0 Å². The van der Waals surface area contributed by atoms with Crippen molar-refractivity contribution < 1.29 is 13.3 Å². The molecule has 1 aromatic carbocycles. The number of anilines is 1. The number of hydrogen-bond donors (Lipinski definition) is 1. The van der Waals surface area contributed by atoms with Gasteiger partial charge in [0.05, 0.1) is 9.82 Å². The zero-order chi connectivity index (χ0) is 15.6. The third kappa shape index (κ3) is 3.60. The first kappa shape index (κ1) is 15.5. The van der Waals surface area contributed by atoms with Crippen LogP contribution in [0, 0.1) is 10.1 Å². The first-order valence-corrected chi connectivity index (χ1v) is 7.63. The molecule has 7 nitrogen and oxygen atoms in total. The summed E-state index contributed by atoms with van der Waals surface area (Å²) in [5.41, 5.74) is -0.509. The Labute approximate surface area is 129 Å². The Kier molecular flexibility index (Phi) is 4.31. The van der Waals surface area contributed by atoms with Crippen LogP contribution in [0.1, 0.15) is 0 Å². The lowest BCUT2D eigenvalue weighted by atomic mass is 10.4. The molecule has 21 heavy (non-hydrogen) atoms. The summed E-state index contributed by atoms with van der Waals surface area (Å²) in [6.45, 7) is 0. The number of halogens is 2. The molecule has 0 saturated heterocycles. The third-order valence-corrected chi connectivity index (χ3v) is 4.16. The van der Waals surface area contributed by atoms with Crippen LogP contribution in [-0.4, -0.2) is 18.3 Å². The van der Waals surface area contributed by atoms with E-state index in [1.807, 2.05) is 4.72 Å². The van der Waals surface area contributed by atoms with Crippen molar-refractivity contribution in [3.8, 4) is 0 Å². The van der Waals surface area contributed by atoms with Crippen molar-refractivity contribution in [2.45, 2.75) is 4.90 Å². The summed E-state index contributed by atoms with van der Waals surface area (Å²) in [6, 6.07) is 7.70. The van der Waals surface area contributed by atoms with Gasteiger partial charge in [-0.05, 0) is 24.3 Å². The number of aromatic nitrogens is 1. The van der Waals surface area contributed by atoms with Gasteiger partial charge in [-0.3, -0.25) is 14.8 Å². The van der Waals surface area contributed by atoms with Crippen molar-refractivity contribution in [1.29, 1.82) is 0 Å². The fourth-order valence-corrected chi connectivity index (χ4v) is 2.94. The van der Waals surface area contributed by atoms with Crippen molar-refractivity contribution in [3.05, 3.63) is 56.7 Å².